The number of thioether (sulfide) groups is 1. The molecule has 0 saturated carbocycles. The summed E-state index contributed by atoms with van der Waals surface area (Å²) < 4.78 is 6.58. The van der Waals surface area contributed by atoms with Crippen LogP contribution in [0.25, 0.3) is 0 Å². The summed E-state index contributed by atoms with van der Waals surface area (Å²) in [6.07, 6.45) is 6.60. The highest BCUT2D eigenvalue weighted by atomic mass is 127. The van der Waals surface area contributed by atoms with Gasteiger partial charge >= 0.3 is 0 Å². The van der Waals surface area contributed by atoms with Gasteiger partial charge in [0.05, 0.1) is 0 Å². The Labute approximate surface area is 171 Å². The molecule has 5 nitrogen and oxygen atoms in total. The van der Waals surface area contributed by atoms with E-state index < -0.39 is 0 Å². The Morgan fingerprint density at radius 2 is 2.29 bits per heavy atom. The fraction of sp³-hybridized carbons (Fsp3) is 0.750. The number of nitrogens with zero attached hydrogens (tertiary/aromatic N) is 3. The lowest BCUT2D eigenvalue weighted by Gasteiger charge is -2.26. The van der Waals surface area contributed by atoms with E-state index in [0.717, 1.165) is 54.7 Å². The van der Waals surface area contributed by atoms with Crippen molar-refractivity contribution in [2.45, 2.75) is 30.0 Å². The Kier molecular flexibility index (Phi) is 12.1. The predicted octanol–water partition coefficient (Wildman–Crippen LogP) is 3.57. The number of aliphatic imine (C=N–C) groups is 1. The van der Waals surface area contributed by atoms with Crippen LogP contribution < -0.4 is 5.32 Å². The van der Waals surface area contributed by atoms with Crippen LogP contribution >= 0.6 is 47.1 Å². The molecule has 1 aliphatic heterocycles. The third kappa shape index (κ3) is 8.35. The number of hydrogen-bond donors (Lipinski definition) is 1. The summed E-state index contributed by atoms with van der Waals surface area (Å²) in [6, 6.07) is 0. The number of guanidine groups is 1. The van der Waals surface area contributed by atoms with E-state index in [0.29, 0.717) is 0 Å². The van der Waals surface area contributed by atoms with Crippen LogP contribution in [0.15, 0.2) is 20.9 Å². The summed E-state index contributed by atoms with van der Waals surface area (Å²) in [5.74, 6) is 2.89. The molecule has 0 spiro atoms. The van der Waals surface area contributed by atoms with Crippen LogP contribution in [-0.2, 0) is 4.74 Å². The molecule has 0 bridgehead atoms. The van der Waals surface area contributed by atoms with Crippen LogP contribution in [0, 0.1) is 5.92 Å². The number of aromatic nitrogens is 1. The van der Waals surface area contributed by atoms with Crippen LogP contribution in [0.3, 0.4) is 0 Å². The SMILES string of the molecule is CN=C(NCCCSc1nccs1)N(C)CCC1CCOCC1.I. The Morgan fingerprint density at radius 1 is 1.50 bits per heavy atom. The summed E-state index contributed by atoms with van der Waals surface area (Å²) in [7, 11) is 3.98. The molecule has 0 amide bonds. The Balaban J connectivity index is 0.00000288. The summed E-state index contributed by atoms with van der Waals surface area (Å²) >= 11 is 3.53. The van der Waals surface area contributed by atoms with Crippen LogP contribution in [0.1, 0.15) is 25.7 Å². The number of hydrogen-bond acceptors (Lipinski definition) is 5. The van der Waals surface area contributed by atoms with Crippen LogP contribution in [0.2, 0.25) is 0 Å². The van der Waals surface area contributed by atoms with Crippen molar-refractivity contribution >= 4 is 53.0 Å². The van der Waals surface area contributed by atoms with E-state index in [-0.39, 0.29) is 24.0 Å². The van der Waals surface area contributed by atoms with Gasteiger partial charge in [-0.05, 0) is 31.6 Å². The second kappa shape index (κ2) is 13.2. The van der Waals surface area contributed by atoms with E-state index >= 15 is 0 Å². The highest BCUT2D eigenvalue weighted by Gasteiger charge is 2.15. The monoisotopic (exact) mass is 484 g/mol. The molecule has 1 aromatic heterocycles. The number of ether oxygens (including phenoxy) is 1. The largest absolute Gasteiger partial charge is 0.381 e. The van der Waals surface area contributed by atoms with Crippen LogP contribution in [-0.4, -0.2) is 62.0 Å². The van der Waals surface area contributed by atoms with Gasteiger partial charge in [-0.3, -0.25) is 4.99 Å². The molecule has 0 atom stereocenters. The van der Waals surface area contributed by atoms with Gasteiger partial charge < -0.3 is 15.0 Å². The first-order valence-electron chi connectivity index (χ1n) is 8.31. The highest BCUT2D eigenvalue weighted by molar-refractivity contribution is 14.0. The van der Waals surface area contributed by atoms with E-state index in [4.69, 9.17) is 4.74 Å². The molecule has 1 fully saturated rings. The zero-order valence-corrected chi connectivity index (χ0v) is 18.5. The average Bonchev–Trinajstić information content (AvgIpc) is 3.10. The van der Waals surface area contributed by atoms with Gasteiger partial charge in [-0.1, -0.05) is 11.8 Å². The van der Waals surface area contributed by atoms with Gasteiger partial charge in [-0.15, -0.1) is 35.3 Å². The standard InChI is InChI=1S/C16H28N4OS2.HI/c1-17-15(18-7-3-12-22-16-19-8-13-23-16)20(2)9-4-14-5-10-21-11-6-14;/h8,13-14H,3-7,9-12H2,1-2H3,(H,17,18);1H. The normalized spacial score (nSPS) is 15.8. The van der Waals surface area contributed by atoms with Gasteiger partial charge in [0.25, 0.3) is 0 Å². The molecule has 8 heteroatoms. The molecule has 0 aromatic carbocycles. The van der Waals surface area contributed by atoms with Crippen molar-refractivity contribution in [1.82, 2.24) is 15.2 Å². The molecular formula is C16H29IN4OS2. The third-order valence-electron chi connectivity index (χ3n) is 4.03. The number of halogens is 1. The molecule has 0 aliphatic carbocycles. The van der Waals surface area contributed by atoms with E-state index in [1.165, 1.54) is 19.3 Å². The van der Waals surface area contributed by atoms with Crippen molar-refractivity contribution in [3.05, 3.63) is 11.6 Å². The molecule has 0 unspecified atom stereocenters. The fourth-order valence-electron chi connectivity index (χ4n) is 2.62. The molecule has 1 aromatic rings. The molecule has 1 aliphatic rings. The van der Waals surface area contributed by atoms with Crippen molar-refractivity contribution in [1.29, 1.82) is 0 Å². The van der Waals surface area contributed by atoms with Gasteiger partial charge in [0.1, 0.15) is 4.34 Å². The quantitative estimate of drug-likeness (QED) is 0.201. The van der Waals surface area contributed by atoms with Gasteiger partial charge in [0.15, 0.2) is 5.96 Å². The Hall–Kier alpha value is -0.0600. The molecule has 1 N–H and O–H groups in total. The van der Waals surface area contributed by atoms with E-state index in [2.05, 4.69) is 27.2 Å². The lowest BCUT2D eigenvalue weighted by molar-refractivity contribution is 0.0625. The number of thiazole rings is 1. The first-order valence-corrected chi connectivity index (χ1v) is 10.2. The van der Waals surface area contributed by atoms with Gasteiger partial charge in [-0.2, -0.15) is 0 Å². The predicted molar refractivity (Wildman–Crippen MR) is 115 cm³/mol. The minimum Gasteiger partial charge on any atom is -0.381 e. The summed E-state index contributed by atoms with van der Waals surface area (Å²) in [6.45, 7) is 3.86. The number of nitrogens with one attached hydrogen (secondary N) is 1. The molecule has 138 valence electrons. The Bertz CT molecular complexity index is 453. The summed E-state index contributed by atoms with van der Waals surface area (Å²) in [4.78, 5) is 10.9. The maximum atomic E-state index is 5.42. The van der Waals surface area contributed by atoms with Crippen LogP contribution in [0.4, 0.5) is 0 Å². The van der Waals surface area contributed by atoms with E-state index in [1.54, 1.807) is 11.3 Å². The first kappa shape index (κ1) is 22.0. The van der Waals surface area contributed by atoms with Crippen molar-refractivity contribution in [2.75, 3.05) is 46.2 Å². The maximum Gasteiger partial charge on any atom is 0.193 e. The summed E-state index contributed by atoms with van der Waals surface area (Å²) in [5.41, 5.74) is 0. The minimum absolute atomic E-state index is 0. The lowest BCUT2D eigenvalue weighted by Crippen LogP contribution is -2.40. The maximum absolute atomic E-state index is 5.42. The van der Waals surface area contributed by atoms with Crippen molar-refractivity contribution < 1.29 is 4.74 Å². The molecule has 1 saturated heterocycles. The fourth-order valence-corrected chi connectivity index (χ4v) is 4.26. The van der Waals surface area contributed by atoms with E-state index in [1.807, 2.05) is 30.4 Å². The smallest absolute Gasteiger partial charge is 0.193 e. The van der Waals surface area contributed by atoms with Crippen molar-refractivity contribution in [2.24, 2.45) is 10.9 Å². The average molecular weight is 484 g/mol. The lowest BCUT2D eigenvalue weighted by atomic mass is 9.96. The molecule has 2 rings (SSSR count). The zero-order valence-electron chi connectivity index (χ0n) is 14.6. The van der Waals surface area contributed by atoms with Crippen LogP contribution in [0.5, 0.6) is 0 Å². The molecular weight excluding hydrogens is 455 g/mol. The molecule has 2 heterocycles. The van der Waals surface area contributed by atoms with Gasteiger partial charge in [0.2, 0.25) is 0 Å². The third-order valence-corrected chi connectivity index (χ3v) is 6.08. The van der Waals surface area contributed by atoms with Crippen molar-refractivity contribution in [3.8, 4) is 0 Å². The van der Waals surface area contributed by atoms with Crippen molar-refractivity contribution in [3.63, 3.8) is 0 Å². The first-order chi connectivity index (χ1) is 11.3. The Morgan fingerprint density at radius 3 is 2.96 bits per heavy atom. The topological polar surface area (TPSA) is 49.8 Å². The second-order valence-corrected chi connectivity index (χ2v) is 7.98. The molecule has 0 radical (unpaired) electrons. The number of rotatable bonds is 8. The highest BCUT2D eigenvalue weighted by Crippen LogP contribution is 2.20. The summed E-state index contributed by atoms with van der Waals surface area (Å²) in [5, 5.41) is 5.48. The zero-order chi connectivity index (χ0) is 16.3. The minimum atomic E-state index is 0. The second-order valence-electron chi connectivity index (χ2n) is 5.74. The van der Waals surface area contributed by atoms with Gasteiger partial charge in [-0.25, -0.2) is 4.98 Å². The molecule has 24 heavy (non-hydrogen) atoms. The van der Waals surface area contributed by atoms with E-state index in [9.17, 15) is 0 Å². The van der Waals surface area contributed by atoms with Gasteiger partial charge in [0, 0.05) is 57.7 Å².